The van der Waals surface area contributed by atoms with Gasteiger partial charge in [0.15, 0.2) is 0 Å². The SMILES string of the molecule is CCCOOCc1ccc(Cl)cc1. The van der Waals surface area contributed by atoms with Crippen molar-refractivity contribution in [1.82, 2.24) is 0 Å². The van der Waals surface area contributed by atoms with Crippen LogP contribution in [0.4, 0.5) is 0 Å². The minimum Gasteiger partial charge on any atom is -0.236 e. The Balaban J connectivity index is 2.25. The molecule has 0 saturated heterocycles. The zero-order valence-corrected chi connectivity index (χ0v) is 8.38. The summed E-state index contributed by atoms with van der Waals surface area (Å²) in [5.41, 5.74) is 1.06. The van der Waals surface area contributed by atoms with Gasteiger partial charge in [0.2, 0.25) is 0 Å². The first-order valence-electron chi connectivity index (χ1n) is 4.32. The molecule has 2 nitrogen and oxygen atoms in total. The Morgan fingerprint density at radius 2 is 1.85 bits per heavy atom. The van der Waals surface area contributed by atoms with Crippen LogP contribution in [-0.4, -0.2) is 6.61 Å². The van der Waals surface area contributed by atoms with Gasteiger partial charge < -0.3 is 0 Å². The van der Waals surface area contributed by atoms with Crippen molar-refractivity contribution < 1.29 is 9.78 Å². The first kappa shape index (κ1) is 10.5. The van der Waals surface area contributed by atoms with E-state index in [4.69, 9.17) is 21.4 Å². The molecule has 3 heteroatoms. The lowest BCUT2D eigenvalue weighted by molar-refractivity contribution is -0.303. The quantitative estimate of drug-likeness (QED) is 0.413. The normalized spacial score (nSPS) is 10.3. The lowest BCUT2D eigenvalue weighted by atomic mass is 10.2. The molecule has 0 heterocycles. The maximum Gasteiger partial charge on any atom is 0.107 e. The zero-order valence-electron chi connectivity index (χ0n) is 7.63. The van der Waals surface area contributed by atoms with E-state index in [1.165, 1.54) is 0 Å². The molecule has 72 valence electrons. The van der Waals surface area contributed by atoms with Gasteiger partial charge in [0.1, 0.15) is 6.61 Å². The third kappa shape index (κ3) is 4.27. The van der Waals surface area contributed by atoms with Gasteiger partial charge in [-0.15, -0.1) is 0 Å². The van der Waals surface area contributed by atoms with Crippen LogP contribution in [0.15, 0.2) is 24.3 Å². The molecule has 1 rings (SSSR count). The van der Waals surface area contributed by atoms with Crippen LogP contribution in [0.1, 0.15) is 18.9 Å². The van der Waals surface area contributed by atoms with E-state index >= 15 is 0 Å². The van der Waals surface area contributed by atoms with E-state index in [9.17, 15) is 0 Å². The molecule has 1 aromatic carbocycles. The molecule has 0 fully saturated rings. The third-order valence-electron chi connectivity index (χ3n) is 1.51. The number of hydrogen-bond acceptors (Lipinski definition) is 2. The van der Waals surface area contributed by atoms with E-state index in [1.807, 2.05) is 31.2 Å². The topological polar surface area (TPSA) is 18.5 Å². The Labute approximate surface area is 83.4 Å². The number of benzene rings is 1. The monoisotopic (exact) mass is 200 g/mol. The van der Waals surface area contributed by atoms with E-state index < -0.39 is 0 Å². The summed E-state index contributed by atoms with van der Waals surface area (Å²) in [6.07, 6.45) is 0.959. The Morgan fingerprint density at radius 3 is 2.46 bits per heavy atom. The lowest BCUT2D eigenvalue weighted by Gasteiger charge is -2.02. The van der Waals surface area contributed by atoms with Gasteiger partial charge in [-0.3, -0.25) is 0 Å². The summed E-state index contributed by atoms with van der Waals surface area (Å²) in [5.74, 6) is 0. The van der Waals surface area contributed by atoms with E-state index in [0.29, 0.717) is 13.2 Å². The zero-order chi connectivity index (χ0) is 9.52. The molecular formula is C10H13ClO2. The molecule has 0 atom stereocenters. The molecule has 0 aliphatic rings. The molecule has 0 aromatic heterocycles. The molecule has 1 aromatic rings. The van der Waals surface area contributed by atoms with Crippen LogP contribution in [0.25, 0.3) is 0 Å². The van der Waals surface area contributed by atoms with Gasteiger partial charge in [-0.1, -0.05) is 30.7 Å². The van der Waals surface area contributed by atoms with Crippen molar-refractivity contribution >= 4 is 11.6 Å². The van der Waals surface area contributed by atoms with E-state index in [0.717, 1.165) is 17.0 Å². The summed E-state index contributed by atoms with van der Waals surface area (Å²) < 4.78 is 0. The van der Waals surface area contributed by atoms with Crippen LogP contribution in [0.2, 0.25) is 5.02 Å². The van der Waals surface area contributed by atoms with Gasteiger partial charge in [-0.2, -0.15) is 0 Å². The average molecular weight is 201 g/mol. The van der Waals surface area contributed by atoms with Crippen LogP contribution in [0, 0.1) is 0 Å². The standard InChI is InChI=1S/C10H13ClO2/c1-2-7-12-13-8-9-3-5-10(11)6-4-9/h3-6H,2,7-8H2,1H3. The fraction of sp³-hybridized carbons (Fsp3) is 0.400. The predicted octanol–water partition coefficient (Wildman–Crippen LogP) is 3.20. The Morgan fingerprint density at radius 1 is 1.15 bits per heavy atom. The second-order valence-corrected chi connectivity index (χ2v) is 3.15. The van der Waals surface area contributed by atoms with Gasteiger partial charge in [-0.05, 0) is 24.1 Å². The van der Waals surface area contributed by atoms with E-state index in [-0.39, 0.29) is 0 Å². The molecule has 0 aliphatic carbocycles. The van der Waals surface area contributed by atoms with Gasteiger partial charge in [0.05, 0.1) is 6.61 Å². The maximum absolute atomic E-state index is 5.72. The molecule has 0 N–H and O–H groups in total. The molecule has 0 aliphatic heterocycles. The van der Waals surface area contributed by atoms with Crippen molar-refractivity contribution in [1.29, 1.82) is 0 Å². The fourth-order valence-corrected chi connectivity index (χ4v) is 0.959. The lowest BCUT2D eigenvalue weighted by Crippen LogP contribution is -1.95. The highest BCUT2D eigenvalue weighted by atomic mass is 35.5. The van der Waals surface area contributed by atoms with Gasteiger partial charge in [0.25, 0.3) is 0 Å². The summed E-state index contributed by atoms with van der Waals surface area (Å²) in [4.78, 5) is 9.84. The summed E-state index contributed by atoms with van der Waals surface area (Å²) in [6, 6.07) is 7.50. The first-order chi connectivity index (χ1) is 6.33. The van der Waals surface area contributed by atoms with E-state index in [1.54, 1.807) is 0 Å². The molecule has 0 saturated carbocycles. The molecular weight excluding hydrogens is 188 g/mol. The van der Waals surface area contributed by atoms with Crippen LogP contribution in [0.5, 0.6) is 0 Å². The number of hydrogen-bond donors (Lipinski definition) is 0. The highest BCUT2D eigenvalue weighted by Crippen LogP contribution is 2.10. The average Bonchev–Trinajstić information content (AvgIpc) is 2.15. The van der Waals surface area contributed by atoms with Crippen molar-refractivity contribution in [2.24, 2.45) is 0 Å². The van der Waals surface area contributed by atoms with Crippen LogP contribution < -0.4 is 0 Å². The van der Waals surface area contributed by atoms with Gasteiger partial charge in [0, 0.05) is 5.02 Å². The highest BCUT2D eigenvalue weighted by molar-refractivity contribution is 6.30. The van der Waals surface area contributed by atoms with Crippen LogP contribution >= 0.6 is 11.6 Å². The largest absolute Gasteiger partial charge is 0.236 e. The second kappa shape index (κ2) is 5.97. The van der Waals surface area contributed by atoms with Crippen LogP contribution in [-0.2, 0) is 16.4 Å². The predicted molar refractivity (Wildman–Crippen MR) is 52.5 cm³/mol. The van der Waals surface area contributed by atoms with Crippen molar-refractivity contribution in [2.75, 3.05) is 6.61 Å². The Bertz CT molecular complexity index is 233. The van der Waals surface area contributed by atoms with Crippen molar-refractivity contribution in [2.45, 2.75) is 20.0 Å². The Hall–Kier alpha value is -0.570. The van der Waals surface area contributed by atoms with Crippen molar-refractivity contribution in [3.8, 4) is 0 Å². The molecule has 0 radical (unpaired) electrons. The van der Waals surface area contributed by atoms with Gasteiger partial charge in [-0.25, -0.2) is 9.78 Å². The fourth-order valence-electron chi connectivity index (χ4n) is 0.833. The summed E-state index contributed by atoms with van der Waals surface area (Å²) in [6.45, 7) is 3.14. The van der Waals surface area contributed by atoms with Crippen molar-refractivity contribution in [3.05, 3.63) is 34.9 Å². The van der Waals surface area contributed by atoms with Crippen LogP contribution in [0.3, 0.4) is 0 Å². The minimum atomic E-state index is 0.469. The maximum atomic E-state index is 5.72. The number of halogens is 1. The molecule has 13 heavy (non-hydrogen) atoms. The molecule has 0 bridgehead atoms. The molecule has 0 amide bonds. The molecule has 0 spiro atoms. The third-order valence-corrected chi connectivity index (χ3v) is 1.76. The summed E-state index contributed by atoms with van der Waals surface area (Å²) in [5, 5.41) is 0.734. The minimum absolute atomic E-state index is 0.469. The second-order valence-electron chi connectivity index (χ2n) is 2.71. The molecule has 0 unspecified atom stereocenters. The highest BCUT2D eigenvalue weighted by Gasteiger charge is 1.93. The smallest absolute Gasteiger partial charge is 0.107 e. The van der Waals surface area contributed by atoms with E-state index in [2.05, 4.69) is 0 Å². The summed E-state index contributed by atoms with van der Waals surface area (Å²) >= 11 is 5.72. The van der Waals surface area contributed by atoms with Gasteiger partial charge >= 0.3 is 0 Å². The first-order valence-corrected chi connectivity index (χ1v) is 4.69. The van der Waals surface area contributed by atoms with Crippen molar-refractivity contribution in [3.63, 3.8) is 0 Å². The summed E-state index contributed by atoms with van der Waals surface area (Å²) in [7, 11) is 0. The Kier molecular flexibility index (Phi) is 4.83. The number of rotatable bonds is 5.